The normalized spacial score (nSPS) is 12.0. The molecule has 0 radical (unpaired) electrons. The maximum Gasteiger partial charge on any atom is 0.175 e. The van der Waals surface area contributed by atoms with Crippen LogP contribution in [0.15, 0.2) is 0 Å². The molecular weight excluding hydrogens is 156 g/mol. The summed E-state index contributed by atoms with van der Waals surface area (Å²) in [5, 5.41) is 20.6. The van der Waals surface area contributed by atoms with Crippen molar-refractivity contribution in [1.82, 2.24) is 20.2 Å². The van der Waals surface area contributed by atoms with Crippen LogP contribution < -0.4 is 0 Å². The number of nitrogens with zero attached hydrogens (tertiary/aromatic N) is 4. The quantitative estimate of drug-likeness (QED) is 0.680. The van der Waals surface area contributed by atoms with Crippen LogP contribution in [-0.4, -0.2) is 31.9 Å². The van der Waals surface area contributed by atoms with Gasteiger partial charge < -0.3 is 5.11 Å². The molecule has 0 aliphatic rings. The molecule has 1 N–H and O–H groups in total. The zero-order valence-electron chi connectivity index (χ0n) is 7.65. The van der Waals surface area contributed by atoms with Gasteiger partial charge in [-0.25, -0.2) is 0 Å². The fraction of sp³-hybridized carbons (Fsp3) is 0.857. The van der Waals surface area contributed by atoms with E-state index in [1.165, 1.54) is 4.80 Å². The van der Waals surface area contributed by atoms with Gasteiger partial charge in [0.2, 0.25) is 0 Å². The lowest BCUT2D eigenvalue weighted by Gasteiger charge is -2.18. The molecule has 0 fully saturated rings. The summed E-state index contributed by atoms with van der Waals surface area (Å²) in [6, 6.07) is 0. The first-order valence-corrected chi connectivity index (χ1v) is 3.87. The topological polar surface area (TPSA) is 63.8 Å². The van der Waals surface area contributed by atoms with Crippen molar-refractivity contribution in [2.24, 2.45) is 12.5 Å². The van der Waals surface area contributed by atoms with Gasteiger partial charge in [0.15, 0.2) is 5.82 Å². The third-order valence-electron chi connectivity index (χ3n) is 1.61. The number of hydrogen-bond donors (Lipinski definition) is 1. The lowest BCUT2D eigenvalue weighted by atomic mass is 9.90. The number of hydrogen-bond acceptors (Lipinski definition) is 4. The second-order valence-corrected chi connectivity index (χ2v) is 3.69. The van der Waals surface area contributed by atoms with Gasteiger partial charge in [0.25, 0.3) is 0 Å². The Kier molecular flexibility index (Phi) is 2.42. The molecule has 1 aromatic rings. The summed E-state index contributed by atoms with van der Waals surface area (Å²) >= 11 is 0. The molecule has 0 saturated carbocycles. The molecule has 0 bridgehead atoms. The number of rotatable bonds is 3. The van der Waals surface area contributed by atoms with Crippen molar-refractivity contribution in [3.8, 4) is 0 Å². The summed E-state index contributed by atoms with van der Waals surface area (Å²) in [6.45, 7) is 4.05. The third-order valence-corrected chi connectivity index (χ3v) is 1.61. The summed E-state index contributed by atoms with van der Waals surface area (Å²) in [5.41, 5.74) is -0.164. The van der Waals surface area contributed by atoms with E-state index in [0.29, 0.717) is 12.2 Å². The number of tetrazole rings is 1. The molecule has 5 heteroatoms. The number of aryl methyl sites for hydroxylation is 1. The van der Waals surface area contributed by atoms with E-state index in [4.69, 9.17) is 5.11 Å². The fourth-order valence-corrected chi connectivity index (χ4v) is 0.878. The van der Waals surface area contributed by atoms with Crippen molar-refractivity contribution in [2.45, 2.75) is 20.3 Å². The van der Waals surface area contributed by atoms with Gasteiger partial charge in [0, 0.05) is 13.0 Å². The Labute approximate surface area is 71.4 Å². The minimum absolute atomic E-state index is 0.130. The van der Waals surface area contributed by atoms with Gasteiger partial charge in [-0.05, 0) is 10.6 Å². The fourth-order valence-electron chi connectivity index (χ4n) is 0.878. The van der Waals surface area contributed by atoms with Gasteiger partial charge in [-0.2, -0.15) is 4.80 Å². The van der Waals surface area contributed by atoms with Crippen molar-refractivity contribution < 1.29 is 5.11 Å². The molecule has 0 aliphatic carbocycles. The molecule has 0 spiro atoms. The van der Waals surface area contributed by atoms with Crippen molar-refractivity contribution in [1.29, 1.82) is 0 Å². The first-order chi connectivity index (χ1) is 5.53. The van der Waals surface area contributed by atoms with E-state index in [0.717, 1.165) is 0 Å². The minimum Gasteiger partial charge on any atom is -0.396 e. The zero-order valence-corrected chi connectivity index (χ0v) is 7.65. The molecule has 0 unspecified atom stereocenters. The van der Waals surface area contributed by atoms with Crippen LogP contribution in [0.25, 0.3) is 0 Å². The Hall–Kier alpha value is -0.970. The summed E-state index contributed by atoms with van der Waals surface area (Å²) < 4.78 is 0. The lowest BCUT2D eigenvalue weighted by molar-refractivity contribution is 0.157. The van der Waals surface area contributed by atoms with Crippen molar-refractivity contribution in [3.05, 3.63) is 5.82 Å². The SMILES string of the molecule is Cn1nnc(CC(C)(C)CO)n1. The summed E-state index contributed by atoms with van der Waals surface area (Å²) in [7, 11) is 1.72. The molecule has 0 aromatic carbocycles. The second-order valence-electron chi connectivity index (χ2n) is 3.69. The Balaban J connectivity index is 2.63. The number of aliphatic hydroxyl groups excluding tert-OH is 1. The highest BCUT2D eigenvalue weighted by molar-refractivity contribution is 4.85. The van der Waals surface area contributed by atoms with E-state index in [1.807, 2.05) is 13.8 Å². The second kappa shape index (κ2) is 3.18. The van der Waals surface area contributed by atoms with Crippen LogP contribution in [-0.2, 0) is 13.5 Å². The van der Waals surface area contributed by atoms with Crippen molar-refractivity contribution in [2.75, 3.05) is 6.61 Å². The maximum atomic E-state index is 8.98. The van der Waals surface area contributed by atoms with Gasteiger partial charge in [0.05, 0.1) is 7.05 Å². The highest BCUT2D eigenvalue weighted by atomic mass is 16.3. The standard InChI is InChI=1S/C7H14N4O/c1-7(2,5-12)4-6-8-10-11(3)9-6/h12H,4-5H2,1-3H3. The molecular formula is C7H14N4O. The summed E-state index contributed by atoms with van der Waals surface area (Å²) in [4.78, 5) is 1.42. The summed E-state index contributed by atoms with van der Waals surface area (Å²) in [5.74, 6) is 0.677. The minimum atomic E-state index is -0.164. The van der Waals surface area contributed by atoms with Gasteiger partial charge in [-0.1, -0.05) is 13.8 Å². The number of aliphatic hydroxyl groups is 1. The van der Waals surface area contributed by atoms with E-state index >= 15 is 0 Å². The molecule has 1 aromatic heterocycles. The molecule has 1 rings (SSSR count). The average molecular weight is 170 g/mol. The van der Waals surface area contributed by atoms with Crippen LogP contribution in [0.1, 0.15) is 19.7 Å². The Morgan fingerprint density at radius 2 is 2.17 bits per heavy atom. The largest absolute Gasteiger partial charge is 0.396 e. The van der Waals surface area contributed by atoms with Crippen molar-refractivity contribution in [3.63, 3.8) is 0 Å². The zero-order chi connectivity index (χ0) is 9.19. The number of aromatic nitrogens is 4. The van der Waals surface area contributed by atoms with Crippen LogP contribution in [0.5, 0.6) is 0 Å². The predicted molar refractivity (Wildman–Crippen MR) is 43.4 cm³/mol. The van der Waals surface area contributed by atoms with Gasteiger partial charge in [-0.15, -0.1) is 10.2 Å². The Morgan fingerprint density at radius 1 is 1.50 bits per heavy atom. The van der Waals surface area contributed by atoms with Gasteiger partial charge >= 0.3 is 0 Å². The Bertz CT molecular complexity index is 256. The van der Waals surface area contributed by atoms with Crippen LogP contribution >= 0.6 is 0 Å². The monoisotopic (exact) mass is 170 g/mol. The van der Waals surface area contributed by atoms with Gasteiger partial charge in [0.1, 0.15) is 0 Å². The van der Waals surface area contributed by atoms with E-state index in [2.05, 4.69) is 15.4 Å². The molecule has 68 valence electrons. The third kappa shape index (κ3) is 2.27. The highest BCUT2D eigenvalue weighted by Gasteiger charge is 2.19. The van der Waals surface area contributed by atoms with Gasteiger partial charge in [-0.3, -0.25) is 0 Å². The van der Waals surface area contributed by atoms with Crippen LogP contribution in [0.2, 0.25) is 0 Å². The van der Waals surface area contributed by atoms with E-state index in [9.17, 15) is 0 Å². The molecule has 0 aliphatic heterocycles. The molecule has 12 heavy (non-hydrogen) atoms. The molecule has 5 nitrogen and oxygen atoms in total. The van der Waals surface area contributed by atoms with E-state index in [1.54, 1.807) is 7.05 Å². The highest BCUT2D eigenvalue weighted by Crippen LogP contribution is 2.17. The smallest absolute Gasteiger partial charge is 0.175 e. The molecule has 0 saturated heterocycles. The molecule has 1 heterocycles. The maximum absolute atomic E-state index is 8.98. The first kappa shape index (κ1) is 9.12. The molecule has 0 atom stereocenters. The van der Waals surface area contributed by atoms with E-state index < -0.39 is 0 Å². The van der Waals surface area contributed by atoms with Crippen LogP contribution in [0.3, 0.4) is 0 Å². The molecule has 0 amide bonds. The lowest BCUT2D eigenvalue weighted by Crippen LogP contribution is -2.20. The van der Waals surface area contributed by atoms with Crippen LogP contribution in [0, 0.1) is 5.41 Å². The Morgan fingerprint density at radius 3 is 2.58 bits per heavy atom. The predicted octanol–water partition coefficient (Wildman–Crippen LogP) is -0.229. The first-order valence-electron chi connectivity index (χ1n) is 3.87. The van der Waals surface area contributed by atoms with Crippen molar-refractivity contribution >= 4 is 0 Å². The van der Waals surface area contributed by atoms with Crippen LogP contribution in [0.4, 0.5) is 0 Å². The average Bonchev–Trinajstić information content (AvgIpc) is 2.35. The summed E-state index contributed by atoms with van der Waals surface area (Å²) in [6.07, 6.45) is 0.650. The van der Waals surface area contributed by atoms with E-state index in [-0.39, 0.29) is 12.0 Å².